The molecule has 0 nitrogen and oxygen atoms in total. The predicted molar refractivity (Wildman–Crippen MR) is 79.2 cm³/mol. The van der Waals surface area contributed by atoms with Gasteiger partial charge in [-0.15, -0.1) is 30.1 Å². The Morgan fingerprint density at radius 2 is 2.33 bits per heavy atom. The molecule has 1 heterocycles. The summed E-state index contributed by atoms with van der Waals surface area (Å²) < 4.78 is 0.598. The molecule has 1 saturated heterocycles. The molecule has 0 radical (unpaired) electrons. The van der Waals surface area contributed by atoms with Crippen LogP contribution in [-0.4, -0.2) is 27.1 Å². The van der Waals surface area contributed by atoms with E-state index in [-0.39, 0.29) is 0 Å². The van der Waals surface area contributed by atoms with E-state index in [1.165, 1.54) is 30.1 Å². The molecule has 1 rings (SSSR count). The fraction of sp³-hybridized carbons (Fsp3) is 0.833. The van der Waals surface area contributed by atoms with Gasteiger partial charge >= 0.3 is 0 Å². The van der Waals surface area contributed by atoms with Crippen molar-refractivity contribution in [2.24, 2.45) is 5.92 Å². The summed E-state index contributed by atoms with van der Waals surface area (Å²) in [4.78, 5) is 0. The molecule has 0 aromatic heterocycles. The molecule has 0 aromatic rings. The van der Waals surface area contributed by atoms with Gasteiger partial charge in [-0.3, -0.25) is 0 Å². The maximum atomic E-state index is 3.74. The van der Waals surface area contributed by atoms with Gasteiger partial charge in [0.25, 0.3) is 0 Å². The Kier molecular flexibility index (Phi) is 6.63. The van der Waals surface area contributed by atoms with E-state index in [4.69, 9.17) is 0 Å². The third-order valence-electron chi connectivity index (χ3n) is 2.44. The van der Waals surface area contributed by atoms with E-state index in [1.54, 1.807) is 0 Å². The van der Waals surface area contributed by atoms with Gasteiger partial charge in [0, 0.05) is 11.5 Å². The SMILES string of the molecule is C=CCSCC(C)CCCSC1(C)CS1. The van der Waals surface area contributed by atoms with Gasteiger partial charge in [-0.05, 0) is 37.2 Å². The van der Waals surface area contributed by atoms with Crippen molar-refractivity contribution in [3.05, 3.63) is 12.7 Å². The van der Waals surface area contributed by atoms with Crippen molar-refractivity contribution < 1.29 is 0 Å². The number of thioether (sulfide) groups is 3. The molecule has 0 aromatic carbocycles. The van der Waals surface area contributed by atoms with E-state index in [2.05, 4.69) is 44.0 Å². The summed E-state index contributed by atoms with van der Waals surface area (Å²) in [5.41, 5.74) is 0. The van der Waals surface area contributed by atoms with Crippen LogP contribution in [0.1, 0.15) is 26.7 Å². The Morgan fingerprint density at radius 3 is 2.93 bits per heavy atom. The molecule has 2 unspecified atom stereocenters. The quantitative estimate of drug-likeness (QED) is 0.341. The van der Waals surface area contributed by atoms with Crippen LogP contribution in [0.3, 0.4) is 0 Å². The van der Waals surface area contributed by atoms with Crippen molar-refractivity contribution in [3.8, 4) is 0 Å². The molecule has 1 fully saturated rings. The van der Waals surface area contributed by atoms with Crippen LogP contribution in [0.2, 0.25) is 0 Å². The van der Waals surface area contributed by atoms with Gasteiger partial charge in [0.2, 0.25) is 0 Å². The number of rotatable bonds is 9. The summed E-state index contributed by atoms with van der Waals surface area (Å²) in [7, 11) is 0. The second-order valence-electron chi connectivity index (χ2n) is 4.34. The smallest absolute Gasteiger partial charge is 0.0674 e. The van der Waals surface area contributed by atoms with E-state index >= 15 is 0 Å². The third-order valence-corrected chi connectivity index (χ3v) is 6.98. The molecule has 88 valence electrons. The summed E-state index contributed by atoms with van der Waals surface area (Å²) in [6.45, 7) is 8.48. The van der Waals surface area contributed by atoms with Crippen LogP contribution in [0.15, 0.2) is 12.7 Å². The summed E-state index contributed by atoms with van der Waals surface area (Å²) in [6, 6.07) is 0. The van der Waals surface area contributed by atoms with Crippen LogP contribution < -0.4 is 0 Å². The van der Waals surface area contributed by atoms with E-state index in [0.717, 1.165) is 11.7 Å². The molecule has 0 aliphatic carbocycles. The van der Waals surface area contributed by atoms with Crippen LogP contribution in [0.25, 0.3) is 0 Å². The lowest BCUT2D eigenvalue weighted by molar-refractivity contribution is 0.588. The van der Waals surface area contributed by atoms with Gasteiger partial charge in [0.1, 0.15) is 0 Å². The largest absolute Gasteiger partial charge is 0.158 e. The molecule has 15 heavy (non-hydrogen) atoms. The third kappa shape index (κ3) is 6.85. The minimum Gasteiger partial charge on any atom is -0.158 e. The zero-order chi connectivity index (χ0) is 11.1. The van der Waals surface area contributed by atoms with E-state index in [1.807, 2.05) is 17.8 Å². The zero-order valence-corrected chi connectivity index (χ0v) is 12.3. The van der Waals surface area contributed by atoms with Gasteiger partial charge in [-0.25, -0.2) is 0 Å². The Morgan fingerprint density at radius 1 is 1.60 bits per heavy atom. The predicted octanol–water partition coefficient (Wildman–Crippen LogP) is 4.52. The number of hydrogen-bond donors (Lipinski definition) is 0. The minimum absolute atomic E-state index is 0.598. The summed E-state index contributed by atoms with van der Waals surface area (Å²) >= 11 is 6.26. The topological polar surface area (TPSA) is 0 Å². The van der Waals surface area contributed by atoms with Crippen molar-refractivity contribution in [2.45, 2.75) is 30.8 Å². The normalized spacial score (nSPS) is 26.3. The summed E-state index contributed by atoms with van der Waals surface area (Å²) in [6.07, 6.45) is 4.77. The maximum Gasteiger partial charge on any atom is 0.0674 e. The van der Waals surface area contributed by atoms with Crippen molar-refractivity contribution in [2.75, 3.05) is 23.0 Å². The Labute approximate surface area is 107 Å². The van der Waals surface area contributed by atoms with Crippen LogP contribution in [0.5, 0.6) is 0 Å². The Hall–Kier alpha value is 0.790. The zero-order valence-electron chi connectivity index (χ0n) is 9.83. The molecular formula is C12H22S3. The Balaban J connectivity index is 1.87. The summed E-state index contributed by atoms with van der Waals surface area (Å²) in [5.74, 6) is 5.98. The molecule has 0 spiro atoms. The fourth-order valence-corrected chi connectivity index (χ4v) is 4.25. The first-order valence-corrected chi connectivity index (χ1v) is 8.75. The Bertz CT molecular complexity index is 187. The molecule has 0 N–H and O–H groups in total. The van der Waals surface area contributed by atoms with E-state index in [9.17, 15) is 0 Å². The fourth-order valence-electron chi connectivity index (χ4n) is 1.34. The van der Waals surface area contributed by atoms with Gasteiger partial charge in [-0.2, -0.15) is 11.8 Å². The van der Waals surface area contributed by atoms with Gasteiger partial charge in [-0.1, -0.05) is 13.0 Å². The van der Waals surface area contributed by atoms with Crippen molar-refractivity contribution >= 4 is 35.3 Å². The van der Waals surface area contributed by atoms with Gasteiger partial charge in [0.05, 0.1) is 4.08 Å². The first-order valence-electron chi connectivity index (χ1n) is 5.63. The highest BCUT2D eigenvalue weighted by molar-refractivity contribution is 8.24. The van der Waals surface area contributed by atoms with Gasteiger partial charge < -0.3 is 0 Å². The summed E-state index contributed by atoms with van der Waals surface area (Å²) in [5, 5.41) is 0. The van der Waals surface area contributed by atoms with Gasteiger partial charge in [0.15, 0.2) is 0 Å². The lowest BCUT2D eigenvalue weighted by Gasteiger charge is -2.11. The molecule has 2 atom stereocenters. The average molecular weight is 263 g/mol. The van der Waals surface area contributed by atoms with Crippen molar-refractivity contribution in [1.82, 2.24) is 0 Å². The van der Waals surface area contributed by atoms with Crippen LogP contribution in [0.4, 0.5) is 0 Å². The van der Waals surface area contributed by atoms with Crippen molar-refractivity contribution in [1.29, 1.82) is 0 Å². The first-order chi connectivity index (χ1) is 7.16. The molecule has 0 amide bonds. The second kappa shape index (κ2) is 7.18. The highest BCUT2D eigenvalue weighted by Gasteiger charge is 2.38. The second-order valence-corrected chi connectivity index (χ2v) is 8.75. The molecular weight excluding hydrogens is 240 g/mol. The van der Waals surface area contributed by atoms with E-state index in [0.29, 0.717) is 4.08 Å². The molecule has 1 aliphatic heterocycles. The van der Waals surface area contributed by atoms with Crippen LogP contribution >= 0.6 is 35.3 Å². The molecule has 0 bridgehead atoms. The number of hydrogen-bond acceptors (Lipinski definition) is 3. The highest BCUT2D eigenvalue weighted by Crippen LogP contribution is 2.53. The molecule has 1 aliphatic rings. The monoisotopic (exact) mass is 262 g/mol. The molecule has 3 heteroatoms. The highest BCUT2D eigenvalue weighted by atomic mass is 32.2. The standard InChI is InChI=1S/C12H22S3/c1-4-7-13-9-11(2)6-5-8-14-12(3)10-15-12/h4,11H,1,5-10H2,2-3H3. The van der Waals surface area contributed by atoms with Crippen molar-refractivity contribution in [3.63, 3.8) is 0 Å². The average Bonchev–Trinajstić information content (AvgIpc) is 2.93. The lowest BCUT2D eigenvalue weighted by Crippen LogP contribution is -2.01. The van der Waals surface area contributed by atoms with Crippen LogP contribution in [-0.2, 0) is 0 Å². The minimum atomic E-state index is 0.598. The lowest BCUT2D eigenvalue weighted by atomic mass is 10.1. The van der Waals surface area contributed by atoms with Crippen LogP contribution in [0, 0.1) is 5.92 Å². The maximum absolute atomic E-state index is 3.74. The van der Waals surface area contributed by atoms with E-state index < -0.39 is 0 Å². The molecule has 0 saturated carbocycles. The first kappa shape index (κ1) is 13.9.